The summed E-state index contributed by atoms with van der Waals surface area (Å²) in [5.74, 6) is 1.84. The molecule has 0 radical (unpaired) electrons. The standard InChI is InChI=1S/C18H36N2/c1-5-9-19-16(4)18-8-6-7-10-20(18)17-12-14(2)11-15(3)13-17/h14-19H,5-13H2,1-4H3. The molecule has 0 spiro atoms. The summed E-state index contributed by atoms with van der Waals surface area (Å²) in [7, 11) is 0. The van der Waals surface area contributed by atoms with Crippen LogP contribution in [0.1, 0.15) is 72.6 Å². The van der Waals surface area contributed by atoms with Crippen molar-refractivity contribution in [2.45, 2.75) is 90.8 Å². The first-order valence-corrected chi connectivity index (χ1v) is 9.11. The normalized spacial score (nSPS) is 37.8. The molecule has 1 aliphatic heterocycles. The van der Waals surface area contributed by atoms with Crippen molar-refractivity contribution < 1.29 is 0 Å². The number of piperidine rings is 1. The zero-order valence-electron chi connectivity index (χ0n) is 14.2. The minimum Gasteiger partial charge on any atom is -0.313 e. The second-order valence-corrected chi connectivity index (χ2v) is 7.62. The Kier molecular flexibility index (Phi) is 6.35. The van der Waals surface area contributed by atoms with Gasteiger partial charge in [-0.15, -0.1) is 0 Å². The molecule has 2 fully saturated rings. The van der Waals surface area contributed by atoms with Gasteiger partial charge in [-0.2, -0.15) is 0 Å². The van der Waals surface area contributed by atoms with Crippen LogP contribution in [-0.4, -0.2) is 36.1 Å². The molecule has 0 aromatic rings. The van der Waals surface area contributed by atoms with Gasteiger partial charge < -0.3 is 5.32 Å². The first-order valence-electron chi connectivity index (χ1n) is 9.11. The second-order valence-electron chi connectivity index (χ2n) is 7.62. The molecule has 20 heavy (non-hydrogen) atoms. The van der Waals surface area contributed by atoms with Crippen molar-refractivity contribution in [3.05, 3.63) is 0 Å². The number of rotatable bonds is 5. The quantitative estimate of drug-likeness (QED) is 0.817. The van der Waals surface area contributed by atoms with Gasteiger partial charge >= 0.3 is 0 Å². The number of likely N-dealkylation sites (tertiary alicyclic amines) is 1. The minimum atomic E-state index is 0.655. The Morgan fingerprint density at radius 3 is 2.45 bits per heavy atom. The van der Waals surface area contributed by atoms with E-state index in [-0.39, 0.29) is 0 Å². The van der Waals surface area contributed by atoms with Gasteiger partial charge in [0.1, 0.15) is 0 Å². The molecular weight excluding hydrogens is 244 g/mol. The lowest BCUT2D eigenvalue weighted by atomic mass is 9.78. The van der Waals surface area contributed by atoms with Gasteiger partial charge in [-0.1, -0.05) is 27.2 Å². The molecule has 2 nitrogen and oxygen atoms in total. The maximum absolute atomic E-state index is 3.75. The highest BCUT2D eigenvalue weighted by Crippen LogP contribution is 2.35. The number of nitrogens with zero attached hydrogens (tertiary/aromatic N) is 1. The van der Waals surface area contributed by atoms with E-state index in [0.717, 1.165) is 23.9 Å². The summed E-state index contributed by atoms with van der Waals surface area (Å²) in [5.41, 5.74) is 0. The SMILES string of the molecule is CCCNC(C)C1CCCCN1C1CC(C)CC(C)C1. The van der Waals surface area contributed by atoms with E-state index in [9.17, 15) is 0 Å². The van der Waals surface area contributed by atoms with Gasteiger partial charge in [0, 0.05) is 18.1 Å². The summed E-state index contributed by atoms with van der Waals surface area (Å²) in [6.07, 6.45) is 9.79. The van der Waals surface area contributed by atoms with Gasteiger partial charge in [-0.3, -0.25) is 4.90 Å². The molecule has 1 saturated heterocycles. The molecule has 0 amide bonds. The Morgan fingerprint density at radius 2 is 1.80 bits per heavy atom. The molecule has 0 bridgehead atoms. The van der Waals surface area contributed by atoms with Gasteiger partial charge in [-0.25, -0.2) is 0 Å². The summed E-state index contributed by atoms with van der Waals surface area (Å²) in [4.78, 5) is 2.89. The summed E-state index contributed by atoms with van der Waals surface area (Å²) >= 11 is 0. The first-order chi connectivity index (χ1) is 9.61. The summed E-state index contributed by atoms with van der Waals surface area (Å²) in [6.45, 7) is 12.1. The number of hydrogen-bond donors (Lipinski definition) is 1. The Morgan fingerprint density at radius 1 is 1.10 bits per heavy atom. The van der Waals surface area contributed by atoms with Crippen LogP contribution >= 0.6 is 0 Å². The minimum absolute atomic E-state index is 0.655. The van der Waals surface area contributed by atoms with Crippen LogP contribution < -0.4 is 5.32 Å². The lowest BCUT2D eigenvalue weighted by Gasteiger charge is -2.47. The van der Waals surface area contributed by atoms with E-state index in [1.54, 1.807) is 0 Å². The zero-order chi connectivity index (χ0) is 14.5. The van der Waals surface area contributed by atoms with Crippen molar-refractivity contribution in [3.8, 4) is 0 Å². The summed E-state index contributed by atoms with van der Waals surface area (Å²) in [5, 5.41) is 3.75. The van der Waals surface area contributed by atoms with Crippen LogP contribution in [0.2, 0.25) is 0 Å². The predicted octanol–water partition coefficient (Wildman–Crippen LogP) is 4.05. The van der Waals surface area contributed by atoms with E-state index in [4.69, 9.17) is 0 Å². The molecule has 1 N–H and O–H groups in total. The summed E-state index contributed by atoms with van der Waals surface area (Å²) in [6, 6.07) is 2.28. The van der Waals surface area contributed by atoms with Crippen LogP contribution in [0.25, 0.3) is 0 Å². The maximum atomic E-state index is 3.75. The first kappa shape index (κ1) is 16.3. The lowest BCUT2D eigenvalue weighted by Crippen LogP contribution is -2.56. The molecule has 1 heterocycles. The average molecular weight is 280 g/mol. The third-order valence-corrected chi connectivity index (χ3v) is 5.51. The zero-order valence-corrected chi connectivity index (χ0v) is 14.2. The average Bonchev–Trinajstić information content (AvgIpc) is 2.43. The third kappa shape index (κ3) is 4.21. The molecule has 2 heteroatoms. The molecule has 1 saturated carbocycles. The topological polar surface area (TPSA) is 15.3 Å². The second kappa shape index (κ2) is 7.79. The van der Waals surface area contributed by atoms with E-state index in [1.807, 2.05) is 0 Å². The van der Waals surface area contributed by atoms with Crippen LogP contribution in [0.4, 0.5) is 0 Å². The van der Waals surface area contributed by atoms with Crippen LogP contribution in [0.5, 0.6) is 0 Å². The van der Waals surface area contributed by atoms with Crippen LogP contribution in [0, 0.1) is 11.8 Å². The molecule has 0 aromatic carbocycles. The van der Waals surface area contributed by atoms with Gasteiger partial charge in [0.15, 0.2) is 0 Å². The van der Waals surface area contributed by atoms with E-state index in [1.165, 1.54) is 58.0 Å². The van der Waals surface area contributed by atoms with Gasteiger partial charge in [0.2, 0.25) is 0 Å². The molecule has 2 aliphatic rings. The molecule has 4 atom stereocenters. The van der Waals surface area contributed by atoms with Gasteiger partial charge in [0.25, 0.3) is 0 Å². The third-order valence-electron chi connectivity index (χ3n) is 5.51. The Balaban J connectivity index is 1.98. The van der Waals surface area contributed by atoms with Crippen LogP contribution in [-0.2, 0) is 0 Å². The van der Waals surface area contributed by atoms with Crippen molar-refractivity contribution in [1.82, 2.24) is 10.2 Å². The smallest absolute Gasteiger partial charge is 0.0249 e. The highest BCUT2D eigenvalue weighted by molar-refractivity contribution is 4.91. The number of hydrogen-bond acceptors (Lipinski definition) is 2. The van der Waals surface area contributed by atoms with Crippen molar-refractivity contribution >= 4 is 0 Å². The Labute approximate surface area is 126 Å². The van der Waals surface area contributed by atoms with E-state index in [2.05, 4.69) is 37.9 Å². The summed E-state index contributed by atoms with van der Waals surface area (Å²) < 4.78 is 0. The van der Waals surface area contributed by atoms with E-state index in [0.29, 0.717) is 6.04 Å². The maximum Gasteiger partial charge on any atom is 0.0249 e. The highest BCUT2D eigenvalue weighted by Gasteiger charge is 2.35. The van der Waals surface area contributed by atoms with Crippen LogP contribution in [0.15, 0.2) is 0 Å². The van der Waals surface area contributed by atoms with Crippen molar-refractivity contribution in [2.24, 2.45) is 11.8 Å². The van der Waals surface area contributed by atoms with E-state index < -0.39 is 0 Å². The fourth-order valence-electron chi connectivity index (χ4n) is 4.65. The number of nitrogens with one attached hydrogen (secondary N) is 1. The lowest BCUT2D eigenvalue weighted by molar-refractivity contribution is 0.0323. The largest absolute Gasteiger partial charge is 0.313 e. The Hall–Kier alpha value is -0.0800. The van der Waals surface area contributed by atoms with Gasteiger partial charge in [0.05, 0.1) is 0 Å². The monoisotopic (exact) mass is 280 g/mol. The van der Waals surface area contributed by atoms with Crippen molar-refractivity contribution in [3.63, 3.8) is 0 Å². The fourth-order valence-corrected chi connectivity index (χ4v) is 4.65. The van der Waals surface area contributed by atoms with E-state index >= 15 is 0 Å². The molecule has 0 aromatic heterocycles. The fraction of sp³-hybridized carbons (Fsp3) is 1.00. The van der Waals surface area contributed by atoms with Crippen LogP contribution in [0.3, 0.4) is 0 Å². The van der Waals surface area contributed by atoms with Crippen molar-refractivity contribution in [2.75, 3.05) is 13.1 Å². The molecule has 2 rings (SSSR count). The molecule has 4 unspecified atom stereocenters. The Bertz CT molecular complexity index is 269. The highest BCUT2D eigenvalue weighted by atomic mass is 15.2. The molecule has 1 aliphatic carbocycles. The van der Waals surface area contributed by atoms with Crippen molar-refractivity contribution in [1.29, 1.82) is 0 Å². The predicted molar refractivity (Wildman–Crippen MR) is 88.1 cm³/mol. The molecular formula is C18H36N2. The van der Waals surface area contributed by atoms with Gasteiger partial charge in [-0.05, 0) is 70.4 Å². The molecule has 118 valence electrons.